The molecule has 0 radical (unpaired) electrons. The lowest BCUT2D eigenvalue weighted by Gasteiger charge is -2.23. The third-order valence-corrected chi connectivity index (χ3v) is 5.27. The van der Waals surface area contributed by atoms with Crippen molar-refractivity contribution in [3.8, 4) is 5.75 Å². The molecule has 2 aromatic rings. The van der Waals surface area contributed by atoms with E-state index < -0.39 is 6.61 Å². The first-order valence-corrected chi connectivity index (χ1v) is 9.32. The highest BCUT2D eigenvalue weighted by Crippen LogP contribution is 2.33. The Morgan fingerprint density at radius 2 is 1.83 bits per heavy atom. The van der Waals surface area contributed by atoms with Crippen LogP contribution in [0.25, 0.3) is 0 Å². The van der Waals surface area contributed by atoms with E-state index in [1.165, 1.54) is 17.7 Å². The lowest BCUT2D eigenvalue weighted by Crippen LogP contribution is -2.41. The molecular weight excluding hydrogens is 400 g/mol. The Morgan fingerprint density at radius 3 is 2.41 bits per heavy atom. The van der Waals surface area contributed by atoms with Crippen LogP contribution in [-0.2, 0) is 4.79 Å². The molecule has 1 fully saturated rings. The van der Waals surface area contributed by atoms with Gasteiger partial charge in [-0.05, 0) is 49.2 Å². The third kappa shape index (κ3) is 5.88. The van der Waals surface area contributed by atoms with Crippen molar-refractivity contribution in [2.75, 3.05) is 25.0 Å². The predicted octanol–water partition coefficient (Wildman–Crippen LogP) is 3.71. The van der Waals surface area contributed by atoms with Gasteiger partial charge in [0.05, 0.1) is 6.04 Å². The monoisotopic (exact) mass is 425 g/mol. The van der Waals surface area contributed by atoms with Crippen LogP contribution in [0.3, 0.4) is 0 Å². The molecule has 1 aliphatic rings. The molecule has 0 aromatic heterocycles. The van der Waals surface area contributed by atoms with Crippen LogP contribution in [0.4, 0.5) is 14.5 Å². The molecule has 158 valence electrons. The van der Waals surface area contributed by atoms with E-state index in [1.54, 1.807) is 12.1 Å². The maximum Gasteiger partial charge on any atom is 0.387 e. The quantitative estimate of drug-likeness (QED) is 0.709. The van der Waals surface area contributed by atoms with Crippen molar-refractivity contribution in [3.63, 3.8) is 0 Å². The zero-order chi connectivity index (χ0) is 20.1. The van der Waals surface area contributed by atoms with Crippen molar-refractivity contribution in [2.24, 2.45) is 11.7 Å². The number of alkyl halides is 2. The molecule has 0 saturated carbocycles. The number of carbonyl (C=O) groups is 1. The summed E-state index contributed by atoms with van der Waals surface area (Å²) in [5.41, 5.74) is 7.75. The molecule has 2 aromatic carbocycles. The summed E-state index contributed by atoms with van der Waals surface area (Å²) in [6.07, 6.45) is 0. The van der Waals surface area contributed by atoms with Gasteiger partial charge in [0.25, 0.3) is 0 Å². The largest absolute Gasteiger partial charge is 0.435 e. The fourth-order valence-electron chi connectivity index (χ4n) is 3.67. The summed E-state index contributed by atoms with van der Waals surface area (Å²) in [6, 6.07) is 15.8. The molecular formula is C21H26ClF2N3O2. The van der Waals surface area contributed by atoms with Crippen molar-refractivity contribution in [1.82, 2.24) is 4.90 Å². The molecule has 3 N–H and O–H groups in total. The number of halogens is 3. The second-order valence-corrected chi connectivity index (χ2v) is 7.03. The van der Waals surface area contributed by atoms with Gasteiger partial charge in [0, 0.05) is 24.7 Å². The molecule has 1 saturated heterocycles. The Labute approximate surface area is 175 Å². The molecule has 1 heterocycles. The van der Waals surface area contributed by atoms with E-state index >= 15 is 0 Å². The van der Waals surface area contributed by atoms with Gasteiger partial charge in [-0.2, -0.15) is 8.78 Å². The summed E-state index contributed by atoms with van der Waals surface area (Å²) in [6.45, 7) is 1.08. The number of nitrogens with two attached hydrogens (primary N) is 1. The van der Waals surface area contributed by atoms with Crippen molar-refractivity contribution in [1.29, 1.82) is 0 Å². The highest BCUT2D eigenvalue weighted by molar-refractivity contribution is 5.94. The van der Waals surface area contributed by atoms with Gasteiger partial charge in [-0.25, -0.2) is 0 Å². The number of hydrogen-bond donors (Lipinski definition) is 2. The maximum absolute atomic E-state index is 12.7. The lowest BCUT2D eigenvalue weighted by molar-refractivity contribution is -0.120. The van der Waals surface area contributed by atoms with Gasteiger partial charge in [-0.1, -0.05) is 30.3 Å². The van der Waals surface area contributed by atoms with Crippen LogP contribution in [0, 0.1) is 5.92 Å². The zero-order valence-corrected chi connectivity index (χ0v) is 16.9. The number of amides is 1. The van der Waals surface area contributed by atoms with Crippen LogP contribution in [0.5, 0.6) is 5.75 Å². The van der Waals surface area contributed by atoms with Gasteiger partial charge < -0.3 is 15.8 Å². The Hall–Kier alpha value is -2.22. The number of nitrogens with one attached hydrogen (secondary N) is 1. The average molecular weight is 426 g/mol. The Bertz CT molecular complexity index is 777. The summed E-state index contributed by atoms with van der Waals surface area (Å²) in [5.74, 6) is 0.500. The van der Waals surface area contributed by atoms with E-state index in [2.05, 4.69) is 27.1 Å². The normalized spacial score (nSPS) is 20.2. The predicted molar refractivity (Wildman–Crippen MR) is 112 cm³/mol. The smallest absolute Gasteiger partial charge is 0.387 e. The first-order chi connectivity index (χ1) is 13.5. The second kappa shape index (κ2) is 10.5. The molecule has 29 heavy (non-hydrogen) atoms. The molecule has 8 heteroatoms. The van der Waals surface area contributed by atoms with Gasteiger partial charge in [-0.15, -0.1) is 12.4 Å². The van der Waals surface area contributed by atoms with Crippen molar-refractivity contribution < 1.29 is 18.3 Å². The summed E-state index contributed by atoms with van der Waals surface area (Å²) in [5, 5.41) is 2.83. The second-order valence-electron chi connectivity index (χ2n) is 7.03. The van der Waals surface area contributed by atoms with Crippen molar-refractivity contribution in [3.05, 3.63) is 60.2 Å². The SMILES string of the molecule is CC(C(=O)Nc1ccc(OC(F)F)cc1)N1C[C@@H](CN)[C@H](c2ccccc2)C1.Cl. The third-order valence-electron chi connectivity index (χ3n) is 5.27. The molecule has 0 spiro atoms. The van der Waals surface area contributed by atoms with Gasteiger partial charge in [0.1, 0.15) is 5.75 Å². The van der Waals surface area contributed by atoms with E-state index in [-0.39, 0.29) is 30.1 Å². The van der Waals surface area contributed by atoms with Gasteiger partial charge in [0.2, 0.25) is 5.91 Å². The molecule has 0 bridgehead atoms. The summed E-state index contributed by atoms with van der Waals surface area (Å²) >= 11 is 0. The Morgan fingerprint density at radius 1 is 1.17 bits per heavy atom. The minimum absolute atomic E-state index is 0. The number of likely N-dealkylation sites (tertiary alicyclic amines) is 1. The number of carbonyl (C=O) groups excluding carboxylic acids is 1. The van der Waals surface area contributed by atoms with Crippen LogP contribution in [-0.4, -0.2) is 43.1 Å². The molecule has 1 aliphatic heterocycles. The highest BCUT2D eigenvalue weighted by Gasteiger charge is 2.36. The van der Waals surface area contributed by atoms with Gasteiger partial charge >= 0.3 is 6.61 Å². The first-order valence-electron chi connectivity index (χ1n) is 9.32. The number of benzene rings is 2. The number of rotatable bonds is 7. The van der Waals surface area contributed by atoms with Crippen molar-refractivity contribution in [2.45, 2.75) is 25.5 Å². The molecule has 1 amide bonds. The van der Waals surface area contributed by atoms with Crippen LogP contribution in [0.2, 0.25) is 0 Å². The zero-order valence-electron chi connectivity index (χ0n) is 16.1. The fraction of sp³-hybridized carbons (Fsp3) is 0.381. The van der Waals surface area contributed by atoms with E-state index in [0.29, 0.717) is 24.1 Å². The van der Waals surface area contributed by atoms with Crippen LogP contribution < -0.4 is 15.8 Å². The molecule has 5 nitrogen and oxygen atoms in total. The standard InChI is InChI=1S/C21H25F2N3O2.ClH/c1-14(20(27)25-17-7-9-18(10-8-17)28-21(22)23)26-12-16(11-24)19(13-26)15-5-3-2-4-6-15;/h2-10,14,16,19,21H,11-13,24H2,1H3,(H,25,27);1H/t14?,16-,19+;/m1./s1. The van der Waals surface area contributed by atoms with E-state index in [4.69, 9.17) is 5.73 Å². The van der Waals surface area contributed by atoms with E-state index in [1.807, 2.05) is 25.1 Å². The van der Waals surface area contributed by atoms with Crippen LogP contribution in [0.1, 0.15) is 18.4 Å². The first kappa shape index (κ1) is 23.1. The number of hydrogen-bond acceptors (Lipinski definition) is 4. The fourth-order valence-corrected chi connectivity index (χ4v) is 3.67. The number of nitrogens with zero attached hydrogens (tertiary/aromatic N) is 1. The minimum atomic E-state index is -2.87. The van der Waals surface area contributed by atoms with E-state index in [0.717, 1.165) is 13.1 Å². The Kier molecular flexibility index (Phi) is 8.37. The number of ether oxygens (including phenoxy) is 1. The summed E-state index contributed by atoms with van der Waals surface area (Å²) < 4.78 is 28.8. The van der Waals surface area contributed by atoms with Crippen LogP contribution in [0.15, 0.2) is 54.6 Å². The molecule has 0 aliphatic carbocycles. The van der Waals surface area contributed by atoms with Gasteiger partial charge in [0.15, 0.2) is 0 Å². The highest BCUT2D eigenvalue weighted by atomic mass is 35.5. The average Bonchev–Trinajstić information content (AvgIpc) is 3.13. The lowest BCUT2D eigenvalue weighted by atomic mass is 9.89. The minimum Gasteiger partial charge on any atom is -0.435 e. The maximum atomic E-state index is 12.7. The molecule has 3 rings (SSSR count). The van der Waals surface area contributed by atoms with Gasteiger partial charge in [-0.3, -0.25) is 9.69 Å². The van der Waals surface area contributed by atoms with Crippen molar-refractivity contribution >= 4 is 24.0 Å². The molecule has 1 unspecified atom stereocenters. The Balaban J connectivity index is 0.00000300. The topological polar surface area (TPSA) is 67.6 Å². The number of anilines is 1. The van der Waals surface area contributed by atoms with Crippen LogP contribution >= 0.6 is 12.4 Å². The summed E-state index contributed by atoms with van der Waals surface area (Å²) in [7, 11) is 0. The molecule has 3 atom stereocenters. The summed E-state index contributed by atoms with van der Waals surface area (Å²) in [4.78, 5) is 14.8. The van der Waals surface area contributed by atoms with E-state index in [9.17, 15) is 13.6 Å².